The number of anilines is 1. The SMILES string of the molecule is Nc1ncc(Cl)cc1O.O=c1[nH]c2ncc(Cl)cc2o1.O=c1[nH]c2ncccc2o1. The molecular weight excluding hydrogens is 439 g/mol. The van der Waals surface area contributed by atoms with Crippen molar-refractivity contribution in [3.8, 4) is 5.75 Å². The number of nitrogens with two attached hydrogens (primary N) is 1. The van der Waals surface area contributed by atoms with Crippen molar-refractivity contribution in [2.24, 2.45) is 0 Å². The number of fused-ring (bicyclic) bond motifs is 2. The maximum Gasteiger partial charge on any atom is 0.418 e. The van der Waals surface area contributed by atoms with Crippen molar-refractivity contribution in [2.75, 3.05) is 5.73 Å². The fourth-order valence-electron chi connectivity index (χ4n) is 2.04. The van der Waals surface area contributed by atoms with E-state index in [9.17, 15) is 9.59 Å². The van der Waals surface area contributed by atoms with Gasteiger partial charge in [0.1, 0.15) is 0 Å². The molecule has 13 heteroatoms. The summed E-state index contributed by atoms with van der Waals surface area (Å²) in [6.07, 6.45) is 4.40. The zero-order valence-electron chi connectivity index (χ0n) is 14.8. The van der Waals surface area contributed by atoms with Crippen molar-refractivity contribution in [2.45, 2.75) is 0 Å². The number of oxazole rings is 2. The molecule has 0 bridgehead atoms. The van der Waals surface area contributed by atoms with Gasteiger partial charge in [0.2, 0.25) is 0 Å². The second-order valence-corrected chi connectivity index (χ2v) is 6.31. The lowest BCUT2D eigenvalue weighted by Gasteiger charge is -1.94. The standard InChI is InChI=1S/C6H3ClN2O2.C6H4N2O2.C5H5ClN2O/c7-3-1-4-5(8-2-3)9-6(10)11-4;9-6-8-5-4(10-6)2-1-3-7-5;6-3-1-4(9)5(7)8-2-3/h1-2H,(H,8,9,10);1-3H,(H,7,8,9);1-2,9H,(H2,7,8). The average Bonchev–Trinajstić information content (AvgIpc) is 3.26. The van der Waals surface area contributed by atoms with Crippen LogP contribution in [0.2, 0.25) is 10.0 Å². The molecule has 0 aliphatic heterocycles. The number of hydrogen-bond acceptors (Lipinski definition) is 9. The van der Waals surface area contributed by atoms with Gasteiger partial charge < -0.3 is 19.7 Å². The quantitative estimate of drug-likeness (QED) is 0.276. The molecule has 0 radical (unpaired) electrons. The molecule has 0 unspecified atom stereocenters. The molecule has 30 heavy (non-hydrogen) atoms. The second kappa shape index (κ2) is 9.11. The number of aromatic hydroxyl groups is 1. The Morgan fingerprint density at radius 2 is 1.50 bits per heavy atom. The van der Waals surface area contributed by atoms with E-state index < -0.39 is 11.5 Å². The maximum atomic E-state index is 10.6. The fourth-order valence-corrected chi connectivity index (χ4v) is 2.34. The van der Waals surface area contributed by atoms with Crippen LogP contribution in [0.25, 0.3) is 22.5 Å². The first-order chi connectivity index (χ1) is 14.3. The monoisotopic (exact) mass is 450 g/mol. The lowest BCUT2D eigenvalue weighted by molar-refractivity contribution is 0.476. The van der Waals surface area contributed by atoms with Gasteiger partial charge in [-0.05, 0) is 12.1 Å². The molecule has 0 amide bonds. The number of H-pyrrole nitrogens is 2. The van der Waals surface area contributed by atoms with Crippen LogP contribution in [0.4, 0.5) is 5.82 Å². The van der Waals surface area contributed by atoms with Gasteiger partial charge in [-0.1, -0.05) is 23.2 Å². The Kier molecular flexibility index (Phi) is 6.35. The Morgan fingerprint density at radius 3 is 2.13 bits per heavy atom. The van der Waals surface area contributed by atoms with Crippen molar-refractivity contribution >= 4 is 51.5 Å². The van der Waals surface area contributed by atoms with Gasteiger partial charge in [0.05, 0.1) is 10.0 Å². The van der Waals surface area contributed by atoms with E-state index in [1.165, 1.54) is 24.5 Å². The molecule has 0 fully saturated rings. The number of rotatable bonds is 0. The molecule has 154 valence electrons. The van der Waals surface area contributed by atoms with Crippen molar-refractivity contribution in [3.63, 3.8) is 0 Å². The number of nitrogen functional groups attached to an aromatic ring is 1. The lowest BCUT2D eigenvalue weighted by atomic mass is 10.4. The molecule has 0 spiro atoms. The van der Waals surface area contributed by atoms with Gasteiger partial charge in [-0.3, -0.25) is 9.97 Å². The number of aromatic nitrogens is 5. The Hall–Kier alpha value is -3.83. The number of nitrogens with zero attached hydrogens (tertiary/aromatic N) is 3. The zero-order valence-corrected chi connectivity index (χ0v) is 16.3. The number of aromatic amines is 2. The van der Waals surface area contributed by atoms with Gasteiger partial charge in [-0.15, -0.1) is 0 Å². The van der Waals surface area contributed by atoms with Crippen molar-refractivity contribution in [3.05, 3.63) is 74.0 Å². The van der Waals surface area contributed by atoms with Gasteiger partial charge in [-0.2, -0.15) is 0 Å². The normalized spacial score (nSPS) is 10.2. The summed E-state index contributed by atoms with van der Waals surface area (Å²) in [4.78, 5) is 37.2. The topological polar surface area (TPSA) is 177 Å². The molecule has 5 N–H and O–H groups in total. The van der Waals surface area contributed by atoms with Crippen LogP contribution in [0, 0.1) is 0 Å². The summed E-state index contributed by atoms with van der Waals surface area (Å²) in [5, 5.41) is 9.65. The molecule has 0 saturated heterocycles. The summed E-state index contributed by atoms with van der Waals surface area (Å²) < 4.78 is 9.38. The molecule has 0 atom stereocenters. The molecule has 0 saturated carbocycles. The minimum Gasteiger partial charge on any atom is -0.504 e. The third-order valence-electron chi connectivity index (χ3n) is 3.30. The summed E-state index contributed by atoms with van der Waals surface area (Å²) in [7, 11) is 0. The lowest BCUT2D eigenvalue weighted by Crippen LogP contribution is -1.93. The predicted molar refractivity (Wildman–Crippen MR) is 110 cm³/mol. The molecule has 5 rings (SSSR count). The van der Waals surface area contributed by atoms with Crippen molar-refractivity contribution in [1.29, 1.82) is 0 Å². The maximum absolute atomic E-state index is 10.6. The molecule has 0 aliphatic rings. The minimum atomic E-state index is -0.519. The fraction of sp³-hybridized carbons (Fsp3) is 0. The molecule has 5 aromatic heterocycles. The molecule has 0 aromatic carbocycles. The Morgan fingerprint density at radius 1 is 0.900 bits per heavy atom. The smallest absolute Gasteiger partial charge is 0.418 e. The Labute approximate surface area is 176 Å². The summed E-state index contributed by atoms with van der Waals surface area (Å²) in [6.45, 7) is 0. The van der Waals surface area contributed by atoms with Crippen LogP contribution in [0.5, 0.6) is 5.75 Å². The first kappa shape index (κ1) is 20.9. The highest BCUT2D eigenvalue weighted by atomic mass is 35.5. The van der Waals surface area contributed by atoms with Gasteiger partial charge >= 0.3 is 11.5 Å². The largest absolute Gasteiger partial charge is 0.504 e. The Bertz CT molecular complexity index is 1370. The molecule has 0 aliphatic carbocycles. The first-order valence-corrected chi connectivity index (χ1v) is 8.75. The van der Waals surface area contributed by atoms with Crippen LogP contribution in [0.3, 0.4) is 0 Å². The molecule has 5 aromatic rings. The van der Waals surface area contributed by atoms with Gasteiger partial charge in [-0.25, -0.2) is 24.5 Å². The molecule has 5 heterocycles. The number of nitrogens with one attached hydrogen (secondary N) is 2. The molecule has 11 nitrogen and oxygen atoms in total. The van der Waals surface area contributed by atoms with E-state index in [2.05, 4.69) is 24.9 Å². The average molecular weight is 451 g/mol. The highest BCUT2D eigenvalue weighted by Gasteiger charge is 2.01. The van der Waals surface area contributed by atoms with Crippen LogP contribution in [0.15, 0.2) is 61.3 Å². The van der Waals surface area contributed by atoms with Crippen molar-refractivity contribution < 1.29 is 13.9 Å². The van der Waals surface area contributed by atoms with E-state index in [1.54, 1.807) is 18.3 Å². The van der Waals surface area contributed by atoms with E-state index in [4.69, 9.17) is 42.9 Å². The summed E-state index contributed by atoms with van der Waals surface area (Å²) in [5.41, 5.74) is 6.95. The highest BCUT2D eigenvalue weighted by Crippen LogP contribution is 2.20. The summed E-state index contributed by atoms with van der Waals surface area (Å²) >= 11 is 11.0. The summed E-state index contributed by atoms with van der Waals surface area (Å²) in [6, 6.07) is 6.25. The van der Waals surface area contributed by atoms with Crippen LogP contribution < -0.4 is 17.2 Å². The number of halogens is 2. The molecular formula is C17H12Cl2N6O5. The van der Waals surface area contributed by atoms with E-state index in [0.717, 1.165) is 0 Å². The summed E-state index contributed by atoms with van der Waals surface area (Å²) in [5.74, 6) is -0.967. The van der Waals surface area contributed by atoms with Crippen molar-refractivity contribution in [1.82, 2.24) is 24.9 Å². The first-order valence-electron chi connectivity index (χ1n) is 8.00. The van der Waals surface area contributed by atoms with Gasteiger partial charge in [0, 0.05) is 30.7 Å². The van der Waals surface area contributed by atoms with Gasteiger partial charge in [0.25, 0.3) is 0 Å². The third-order valence-corrected chi connectivity index (χ3v) is 3.71. The van der Waals surface area contributed by atoms with Gasteiger partial charge in [0.15, 0.2) is 34.0 Å². The minimum absolute atomic E-state index is 0.0810. The van der Waals surface area contributed by atoms with Crippen LogP contribution >= 0.6 is 23.2 Å². The third kappa shape index (κ3) is 5.37. The van der Waals surface area contributed by atoms with Crippen LogP contribution in [0.1, 0.15) is 0 Å². The second-order valence-electron chi connectivity index (χ2n) is 5.44. The highest BCUT2D eigenvalue weighted by molar-refractivity contribution is 6.31. The van der Waals surface area contributed by atoms with E-state index >= 15 is 0 Å². The van der Waals surface area contributed by atoms with E-state index in [0.29, 0.717) is 32.5 Å². The number of hydrogen-bond donors (Lipinski definition) is 4. The van der Waals surface area contributed by atoms with Crippen LogP contribution in [-0.4, -0.2) is 30.0 Å². The van der Waals surface area contributed by atoms with E-state index in [-0.39, 0.29) is 11.6 Å². The zero-order chi connectivity index (χ0) is 21.7. The predicted octanol–water partition coefficient (Wildman–Crippen LogP) is 2.71. The van der Waals surface area contributed by atoms with E-state index in [1.807, 2.05) is 0 Å². The Balaban J connectivity index is 0.000000129. The number of pyridine rings is 3. The van der Waals surface area contributed by atoms with Crippen LogP contribution in [-0.2, 0) is 0 Å².